The Morgan fingerprint density at radius 3 is 2.82 bits per heavy atom. The minimum atomic E-state index is -0.471. The number of anilines is 2. The Labute approximate surface area is 160 Å². The van der Waals surface area contributed by atoms with Gasteiger partial charge in [0.1, 0.15) is 0 Å². The number of carbonyl (C=O) groups excluding carboxylic acids is 1. The van der Waals surface area contributed by atoms with Crippen molar-refractivity contribution in [1.29, 1.82) is 0 Å². The van der Waals surface area contributed by atoms with Crippen molar-refractivity contribution in [2.45, 2.75) is 6.54 Å². The van der Waals surface area contributed by atoms with Gasteiger partial charge in [0, 0.05) is 37.0 Å². The number of non-ortho nitro benzene ring substituents is 1. The lowest BCUT2D eigenvalue weighted by Crippen LogP contribution is -2.32. The van der Waals surface area contributed by atoms with Crippen LogP contribution in [0.3, 0.4) is 0 Å². The van der Waals surface area contributed by atoms with E-state index in [0.29, 0.717) is 18.0 Å². The maximum absolute atomic E-state index is 11.8. The normalized spacial score (nSPS) is 10.5. The molecule has 0 aliphatic carbocycles. The highest BCUT2D eigenvalue weighted by atomic mass is 16.6. The Morgan fingerprint density at radius 1 is 1.29 bits per heavy atom. The first-order valence-electron chi connectivity index (χ1n) is 8.47. The van der Waals surface area contributed by atoms with E-state index in [4.69, 9.17) is 10.2 Å². The fourth-order valence-electron chi connectivity index (χ4n) is 2.68. The lowest BCUT2D eigenvalue weighted by Gasteiger charge is -2.17. The topological polar surface area (TPSA) is 128 Å². The summed E-state index contributed by atoms with van der Waals surface area (Å²) in [5.74, 6) is 0.345. The van der Waals surface area contributed by atoms with Gasteiger partial charge in [0.15, 0.2) is 5.76 Å². The molecule has 3 N–H and O–H groups in total. The molecule has 0 aliphatic rings. The molecule has 0 radical (unpaired) electrons. The number of nitrogens with zero attached hydrogens (tertiary/aromatic N) is 3. The molecule has 0 saturated heterocycles. The van der Waals surface area contributed by atoms with Gasteiger partial charge in [-0.15, -0.1) is 0 Å². The number of nitrogens with two attached hydrogens (primary N) is 1. The Bertz CT molecular complexity index is 1000. The number of rotatable bonds is 7. The summed E-state index contributed by atoms with van der Waals surface area (Å²) in [5, 5.41) is 13.8. The average Bonchev–Trinajstić information content (AvgIpc) is 3.16. The van der Waals surface area contributed by atoms with Gasteiger partial charge < -0.3 is 20.4 Å². The third-order valence-electron chi connectivity index (χ3n) is 4.10. The molecule has 1 amide bonds. The molecule has 0 spiro atoms. The van der Waals surface area contributed by atoms with E-state index in [9.17, 15) is 14.9 Å². The van der Waals surface area contributed by atoms with Crippen LogP contribution in [-0.4, -0.2) is 34.3 Å². The number of benzene rings is 2. The average molecular weight is 381 g/mol. The van der Waals surface area contributed by atoms with Crippen LogP contribution in [0.2, 0.25) is 0 Å². The van der Waals surface area contributed by atoms with Gasteiger partial charge in [-0.05, 0) is 11.6 Å². The van der Waals surface area contributed by atoms with Gasteiger partial charge >= 0.3 is 0 Å². The van der Waals surface area contributed by atoms with Crippen molar-refractivity contribution in [3.63, 3.8) is 0 Å². The van der Waals surface area contributed by atoms with Crippen LogP contribution in [0.25, 0.3) is 11.3 Å². The van der Waals surface area contributed by atoms with Crippen LogP contribution >= 0.6 is 0 Å². The van der Waals surface area contributed by atoms with Crippen LogP contribution in [0.4, 0.5) is 17.4 Å². The molecule has 3 aromatic rings. The predicted molar refractivity (Wildman–Crippen MR) is 104 cm³/mol. The Kier molecular flexibility index (Phi) is 5.66. The predicted octanol–water partition coefficient (Wildman–Crippen LogP) is 2.91. The molecule has 9 nitrogen and oxygen atoms in total. The smallest absolute Gasteiger partial charge is 0.299 e. The summed E-state index contributed by atoms with van der Waals surface area (Å²) in [4.78, 5) is 27.9. The van der Waals surface area contributed by atoms with Crippen molar-refractivity contribution in [1.82, 2.24) is 9.88 Å². The number of oxazole rings is 1. The fourth-order valence-corrected chi connectivity index (χ4v) is 2.68. The minimum absolute atomic E-state index is 0.0327. The number of amides is 1. The number of nitrogens with one attached hydrogen (secondary N) is 1. The highest BCUT2D eigenvalue weighted by molar-refractivity contribution is 5.78. The van der Waals surface area contributed by atoms with Gasteiger partial charge in [0.2, 0.25) is 5.91 Å². The first-order chi connectivity index (χ1) is 13.5. The zero-order valence-corrected chi connectivity index (χ0v) is 15.2. The molecular weight excluding hydrogens is 362 g/mol. The zero-order valence-electron chi connectivity index (χ0n) is 15.2. The van der Waals surface area contributed by atoms with Crippen molar-refractivity contribution in [3.05, 3.63) is 70.4 Å². The quantitative estimate of drug-likeness (QED) is 0.476. The van der Waals surface area contributed by atoms with Crippen molar-refractivity contribution in [2.75, 3.05) is 18.9 Å². The van der Waals surface area contributed by atoms with Crippen LogP contribution in [0.5, 0.6) is 0 Å². The van der Waals surface area contributed by atoms with Crippen LogP contribution in [0, 0.1) is 10.1 Å². The first-order valence-corrected chi connectivity index (χ1v) is 8.47. The summed E-state index contributed by atoms with van der Waals surface area (Å²) in [6, 6.07) is 13.8. The van der Waals surface area contributed by atoms with E-state index in [1.807, 2.05) is 24.3 Å². The standard InChI is InChI=1S/C19H19N5O4/c1-23(18(25)10-20)12-13-5-2-3-8-16(13)17-11-21-19(28-17)22-14-6-4-7-15(9-14)24(26)27/h2-9,11H,10,12,20H2,1H3,(H,21,22). The lowest BCUT2D eigenvalue weighted by molar-refractivity contribution is -0.384. The van der Waals surface area contributed by atoms with Gasteiger partial charge in [-0.1, -0.05) is 30.3 Å². The number of carbonyl (C=O) groups is 1. The Morgan fingerprint density at radius 2 is 2.07 bits per heavy atom. The molecule has 0 atom stereocenters. The van der Waals surface area contributed by atoms with Crippen molar-refractivity contribution >= 4 is 23.3 Å². The van der Waals surface area contributed by atoms with Gasteiger partial charge in [0.05, 0.1) is 17.7 Å². The molecule has 144 valence electrons. The number of hydrogen-bond acceptors (Lipinski definition) is 7. The largest absolute Gasteiger partial charge is 0.423 e. The van der Waals surface area contributed by atoms with Gasteiger partial charge in [0.25, 0.3) is 11.7 Å². The number of nitro groups is 1. The highest BCUT2D eigenvalue weighted by Crippen LogP contribution is 2.28. The molecule has 0 aliphatic heterocycles. The van der Waals surface area contributed by atoms with Crippen LogP contribution in [0.15, 0.2) is 59.1 Å². The van der Waals surface area contributed by atoms with Gasteiger partial charge in [-0.25, -0.2) is 4.98 Å². The molecule has 2 aromatic carbocycles. The summed E-state index contributed by atoms with van der Waals surface area (Å²) in [7, 11) is 1.68. The number of nitro benzene ring substituents is 1. The fraction of sp³-hybridized carbons (Fsp3) is 0.158. The molecule has 0 saturated carbocycles. The molecule has 0 fully saturated rings. The van der Waals surface area contributed by atoms with Crippen molar-refractivity contribution in [2.24, 2.45) is 5.73 Å². The molecule has 0 unspecified atom stereocenters. The second kappa shape index (κ2) is 8.31. The molecule has 0 bridgehead atoms. The second-order valence-electron chi connectivity index (χ2n) is 6.07. The second-order valence-corrected chi connectivity index (χ2v) is 6.07. The monoisotopic (exact) mass is 381 g/mol. The maximum atomic E-state index is 11.8. The third kappa shape index (κ3) is 4.33. The van der Waals surface area contributed by atoms with E-state index in [-0.39, 0.29) is 24.2 Å². The van der Waals surface area contributed by atoms with E-state index >= 15 is 0 Å². The summed E-state index contributed by atoms with van der Waals surface area (Å²) in [6.07, 6.45) is 1.56. The third-order valence-corrected chi connectivity index (χ3v) is 4.10. The SMILES string of the molecule is CN(Cc1ccccc1-c1cnc(Nc2cccc([N+](=O)[O-])c2)o1)C(=O)CN. The van der Waals surface area contributed by atoms with Gasteiger partial charge in [-0.2, -0.15) is 0 Å². The number of likely N-dealkylation sites (N-methyl/N-ethyl adjacent to an activating group) is 1. The van der Waals surface area contributed by atoms with Gasteiger partial charge in [-0.3, -0.25) is 14.9 Å². The summed E-state index contributed by atoms with van der Waals surface area (Å²) in [5.41, 5.74) is 7.54. The van der Waals surface area contributed by atoms with Crippen LogP contribution in [-0.2, 0) is 11.3 Å². The summed E-state index contributed by atoms with van der Waals surface area (Å²) in [6.45, 7) is 0.318. The van der Waals surface area contributed by atoms with Crippen LogP contribution < -0.4 is 11.1 Å². The molecule has 3 rings (SSSR count). The number of aromatic nitrogens is 1. The van der Waals surface area contributed by atoms with E-state index in [0.717, 1.165) is 11.1 Å². The first kappa shape index (κ1) is 19.1. The molecule has 28 heavy (non-hydrogen) atoms. The molecule has 1 heterocycles. The maximum Gasteiger partial charge on any atom is 0.299 e. The van der Waals surface area contributed by atoms with E-state index in [2.05, 4.69) is 10.3 Å². The number of hydrogen-bond donors (Lipinski definition) is 2. The van der Waals surface area contributed by atoms with Crippen molar-refractivity contribution in [3.8, 4) is 11.3 Å². The zero-order chi connectivity index (χ0) is 20.1. The Hall–Kier alpha value is -3.72. The van der Waals surface area contributed by atoms with E-state index < -0.39 is 4.92 Å². The molecule has 1 aromatic heterocycles. The summed E-state index contributed by atoms with van der Waals surface area (Å²) >= 11 is 0. The Balaban J connectivity index is 1.82. The minimum Gasteiger partial charge on any atom is -0.423 e. The lowest BCUT2D eigenvalue weighted by atomic mass is 10.1. The molecule has 9 heteroatoms. The highest BCUT2D eigenvalue weighted by Gasteiger charge is 2.14. The van der Waals surface area contributed by atoms with Crippen LogP contribution in [0.1, 0.15) is 5.56 Å². The van der Waals surface area contributed by atoms with Crippen molar-refractivity contribution < 1.29 is 14.1 Å². The summed E-state index contributed by atoms with van der Waals surface area (Å²) < 4.78 is 5.76. The molecular formula is C19H19N5O4. The van der Waals surface area contributed by atoms with E-state index in [1.165, 1.54) is 17.0 Å². The van der Waals surface area contributed by atoms with E-state index in [1.54, 1.807) is 25.4 Å².